The van der Waals surface area contributed by atoms with Crippen LogP contribution in [0.2, 0.25) is 10.0 Å². The van der Waals surface area contributed by atoms with Crippen molar-refractivity contribution in [3.05, 3.63) is 68.6 Å². The monoisotopic (exact) mass is 422 g/mol. The molecule has 1 aromatic heterocycles. The molecule has 0 atom stereocenters. The van der Waals surface area contributed by atoms with Crippen molar-refractivity contribution in [3.63, 3.8) is 0 Å². The van der Waals surface area contributed by atoms with Gasteiger partial charge in [0.15, 0.2) is 0 Å². The number of thiazole rings is 1. The minimum Gasteiger partial charge on any atom is -0.495 e. The summed E-state index contributed by atoms with van der Waals surface area (Å²) in [5.41, 5.74) is 1.20. The number of amides is 1. The molecule has 140 valence electrons. The van der Waals surface area contributed by atoms with Gasteiger partial charge in [-0.05, 0) is 42.5 Å². The maximum atomic E-state index is 12.3. The van der Waals surface area contributed by atoms with Gasteiger partial charge in [0.2, 0.25) is 5.91 Å². The summed E-state index contributed by atoms with van der Waals surface area (Å²) in [5, 5.41) is 6.59. The van der Waals surface area contributed by atoms with Crippen molar-refractivity contribution in [2.75, 3.05) is 12.4 Å². The second kappa shape index (κ2) is 9.08. The molecule has 8 heteroatoms. The third-order valence-corrected chi connectivity index (χ3v) is 4.91. The fraction of sp³-hybridized carbons (Fsp3) is 0.158. The highest BCUT2D eigenvalue weighted by molar-refractivity contribution is 7.09. The molecule has 0 saturated heterocycles. The molecular weight excluding hydrogens is 407 g/mol. The number of aromatic nitrogens is 1. The number of hydrogen-bond donors (Lipinski definition) is 1. The Balaban J connectivity index is 1.56. The van der Waals surface area contributed by atoms with Gasteiger partial charge in [-0.1, -0.05) is 23.2 Å². The Morgan fingerprint density at radius 2 is 1.89 bits per heavy atom. The van der Waals surface area contributed by atoms with Crippen LogP contribution in [-0.2, 0) is 17.8 Å². The molecule has 1 heterocycles. The first kappa shape index (κ1) is 19.5. The van der Waals surface area contributed by atoms with Crippen LogP contribution in [0.1, 0.15) is 10.7 Å². The first-order valence-electron chi connectivity index (χ1n) is 7.98. The van der Waals surface area contributed by atoms with Crippen LogP contribution >= 0.6 is 34.5 Å². The van der Waals surface area contributed by atoms with Crippen LogP contribution in [0, 0.1) is 0 Å². The van der Waals surface area contributed by atoms with E-state index in [-0.39, 0.29) is 12.3 Å². The van der Waals surface area contributed by atoms with Gasteiger partial charge in [-0.25, -0.2) is 4.98 Å². The Kier molecular flexibility index (Phi) is 6.55. The lowest BCUT2D eigenvalue weighted by atomic mass is 10.2. The molecule has 0 aliphatic heterocycles. The van der Waals surface area contributed by atoms with Gasteiger partial charge in [0, 0.05) is 15.4 Å². The Hall–Kier alpha value is -2.28. The first-order valence-corrected chi connectivity index (χ1v) is 9.62. The fourth-order valence-corrected chi connectivity index (χ4v) is 3.31. The largest absolute Gasteiger partial charge is 0.495 e. The standard InChI is InChI=1S/C19H16Cl2N2O3S/c1-25-17-7-4-13(21)8-16(17)23-18(24)9-14-11-27-19(22-14)10-26-15-5-2-12(20)3-6-15/h2-8,11H,9-10H2,1H3,(H,23,24). The Morgan fingerprint density at radius 1 is 1.15 bits per heavy atom. The van der Waals surface area contributed by atoms with Crippen LogP contribution in [0.25, 0.3) is 0 Å². The molecular formula is C19H16Cl2N2O3S. The summed E-state index contributed by atoms with van der Waals surface area (Å²) in [7, 11) is 1.53. The van der Waals surface area contributed by atoms with Gasteiger partial charge < -0.3 is 14.8 Å². The van der Waals surface area contributed by atoms with Crippen molar-refractivity contribution in [1.82, 2.24) is 4.98 Å². The van der Waals surface area contributed by atoms with E-state index in [0.29, 0.717) is 39.5 Å². The highest BCUT2D eigenvalue weighted by Gasteiger charge is 2.12. The van der Waals surface area contributed by atoms with Crippen molar-refractivity contribution >= 4 is 46.1 Å². The van der Waals surface area contributed by atoms with E-state index in [0.717, 1.165) is 5.01 Å². The van der Waals surface area contributed by atoms with Crippen molar-refractivity contribution in [2.45, 2.75) is 13.0 Å². The zero-order valence-corrected chi connectivity index (χ0v) is 16.7. The van der Waals surface area contributed by atoms with Crippen molar-refractivity contribution < 1.29 is 14.3 Å². The van der Waals surface area contributed by atoms with E-state index in [2.05, 4.69) is 10.3 Å². The van der Waals surface area contributed by atoms with Crippen molar-refractivity contribution in [1.29, 1.82) is 0 Å². The molecule has 2 aromatic carbocycles. The summed E-state index contributed by atoms with van der Waals surface area (Å²) < 4.78 is 10.9. The predicted molar refractivity (Wildman–Crippen MR) is 108 cm³/mol. The summed E-state index contributed by atoms with van der Waals surface area (Å²) >= 11 is 13.3. The number of benzene rings is 2. The number of ether oxygens (including phenoxy) is 2. The Bertz CT molecular complexity index is 929. The molecule has 1 amide bonds. The van der Waals surface area contributed by atoms with E-state index in [1.165, 1.54) is 18.4 Å². The molecule has 0 unspecified atom stereocenters. The number of methoxy groups -OCH3 is 1. The van der Waals surface area contributed by atoms with Crippen LogP contribution in [0.4, 0.5) is 5.69 Å². The van der Waals surface area contributed by atoms with Crippen LogP contribution in [0.15, 0.2) is 47.8 Å². The summed E-state index contributed by atoms with van der Waals surface area (Å²) in [6, 6.07) is 12.2. The highest BCUT2D eigenvalue weighted by atomic mass is 35.5. The number of carbonyl (C=O) groups excluding carboxylic acids is 1. The second-order valence-electron chi connectivity index (χ2n) is 5.54. The molecule has 3 aromatic rings. The molecule has 0 fully saturated rings. The predicted octanol–water partition coefficient (Wildman–Crippen LogP) is 5.22. The van der Waals surface area contributed by atoms with Gasteiger partial charge >= 0.3 is 0 Å². The van der Waals surface area contributed by atoms with Gasteiger partial charge in [0.25, 0.3) is 0 Å². The minimum absolute atomic E-state index is 0.146. The summed E-state index contributed by atoms with van der Waals surface area (Å²) in [6.45, 7) is 0.329. The molecule has 0 aliphatic carbocycles. The molecule has 0 radical (unpaired) electrons. The van der Waals surface area contributed by atoms with Crippen LogP contribution < -0.4 is 14.8 Å². The summed E-state index contributed by atoms with van der Waals surface area (Å²) in [6.07, 6.45) is 0.146. The second-order valence-corrected chi connectivity index (χ2v) is 7.36. The van der Waals surface area contributed by atoms with E-state index in [1.54, 1.807) is 42.5 Å². The average Bonchev–Trinajstić information content (AvgIpc) is 3.08. The normalized spacial score (nSPS) is 10.5. The van der Waals surface area contributed by atoms with Gasteiger partial charge in [-0.2, -0.15) is 0 Å². The molecule has 0 bridgehead atoms. The molecule has 0 saturated carbocycles. The Labute approximate surface area is 170 Å². The Morgan fingerprint density at radius 3 is 2.63 bits per heavy atom. The van der Waals surface area contributed by atoms with Crippen LogP contribution in [-0.4, -0.2) is 18.0 Å². The minimum atomic E-state index is -0.203. The van der Waals surface area contributed by atoms with E-state index >= 15 is 0 Å². The molecule has 0 spiro atoms. The number of halogens is 2. The van der Waals surface area contributed by atoms with Gasteiger partial charge in [0.1, 0.15) is 23.1 Å². The molecule has 5 nitrogen and oxygen atoms in total. The maximum absolute atomic E-state index is 12.3. The number of hydrogen-bond acceptors (Lipinski definition) is 5. The molecule has 27 heavy (non-hydrogen) atoms. The summed E-state index contributed by atoms with van der Waals surface area (Å²) in [5.74, 6) is 1.05. The highest BCUT2D eigenvalue weighted by Crippen LogP contribution is 2.28. The lowest BCUT2D eigenvalue weighted by Gasteiger charge is -2.10. The third-order valence-electron chi connectivity index (χ3n) is 3.55. The zero-order chi connectivity index (χ0) is 19.2. The summed E-state index contributed by atoms with van der Waals surface area (Å²) in [4.78, 5) is 16.7. The zero-order valence-electron chi connectivity index (χ0n) is 14.4. The number of carbonyl (C=O) groups is 1. The topological polar surface area (TPSA) is 60.5 Å². The van der Waals surface area contributed by atoms with E-state index in [9.17, 15) is 4.79 Å². The van der Waals surface area contributed by atoms with E-state index in [4.69, 9.17) is 32.7 Å². The van der Waals surface area contributed by atoms with E-state index < -0.39 is 0 Å². The van der Waals surface area contributed by atoms with Crippen molar-refractivity contribution in [2.24, 2.45) is 0 Å². The number of anilines is 1. The van der Waals surface area contributed by atoms with Gasteiger partial charge in [0.05, 0.1) is 24.9 Å². The molecule has 0 aliphatic rings. The average molecular weight is 423 g/mol. The number of rotatable bonds is 7. The van der Waals surface area contributed by atoms with Crippen molar-refractivity contribution in [3.8, 4) is 11.5 Å². The molecule has 3 rings (SSSR count). The smallest absolute Gasteiger partial charge is 0.230 e. The van der Waals surface area contributed by atoms with Crippen LogP contribution in [0.3, 0.4) is 0 Å². The third kappa shape index (κ3) is 5.60. The molecule has 1 N–H and O–H groups in total. The first-order chi connectivity index (χ1) is 13.0. The fourth-order valence-electron chi connectivity index (χ4n) is 2.31. The maximum Gasteiger partial charge on any atom is 0.230 e. The van der Waals surface area contributed by atoms with Crippen LogP contribution in [0.5, 0.6) is 11.5 Å². The number of nitrogens with one attached hydrogen (secondary N) is 1. The lowest BCUT2D eigenvalue weighted by Crippen LogP contribution is -2.15. The lowest BCUT2D eigenvalue weighted by molar-refractivity contribution is -0.115. The number of nitrogens with zero attached hydrogens (tertiary/aromatic N) is 1. The quantitative estimate of drug-likeness (QED) is 0.566. The van der Waals surface area contributed by atoms with Gasteiger partial charge in [-0.15, -0.1) is 11.3 Å². The van der Waals surface area contributed by atoms with E-state index in [1.807, 2.05) is 5.38 Å². The van der Waals surface area contributed by atoms with Gasteiger partial charge in [-0.3, -0.25) is 4.79 Å². The SMILES string of the molecule is COc1ccc(Cl)cc1NC(=O)Cc1csc(COc2ccc(Cl)cc2)n1.